The number of ether oxygens (including phenoxy) is 1. The molecule has 6 heteroatoms. The van der Waals surface area contributed by atoms with E-state index in [9.17, 15) is 9.59 Å². The quantitative estimate of drug-likeness (QED) is 0.539. The molecule has 1 atom stereocenters. The lowest BCUT2D eigenvalue weighted by Crippen LogP contribution is -2.50. The number of hydrogen-bond acceptors (Lipinski definition) is 4. The number of hydrogen-bond donors (Lipinski definition) is 0. The van der Waals surface area contributed by atoms with Gasteiger partial charge in [0.25, 0.3) is 0 Å². The van der Waals surface area contributed by atoms with Crippen LogP contribution in [0.1, 0.15) is 57.3 Å². The molecule has 2 aromatic rings. The standard InChI is InChI=1S/C25H35N3O3/c1-3-22-26-16-19-27(22)18-13-23(29)28-17-9-15-25(20-28,24(30)31-4-2)14-8-12-21-10-6-5-7-11-21/h5-7,10-11,16,19H,3-4,8-9,12-15,17-18,20H2,1-2H3. The van der Waals surface area contributed by atoms with Crippen LogP contribution in [0.25, 0.3) is 0 Å². The van der Waals surface area contributed by atoms with E-state index in [4.69, 9.17) is 4.74 Å². The lowest BCUT2D eigenvalue weighted by molar-refractivity contribution is -0.161. The summed E-state index contributed by atoms with van der Waals surface area (Å²) in [6, 6.07) is 10.3. The van der Waals surface area contributed by atoms with Crippen molar-refractivity contribution in [3.63, 3.8) is 0 Å². The molecule has 0 radical (unpaired) electrons. The molecular formula is C25H35N3O3. The van der Waals surface area contributed by atoms with Crippen molar-refractivity contribution in [2.75, 3.05) is 19.7 Å². The van der Waals surface area contributed by atoms with Gasteiger partial charge in [-0.1, -0.05) is 37.3 Å². The fraction of sp³-hybridized carbons (Fsp3) is 0.560. The minimum Gasteiger partial charge on any atom is -0.466 e. The normalized spacial score (nSPS) is 18.7. The number of carbonyl (C=O) groups is 2. The zero-order valence-electron chi connectivity index (χ0n) is 18.9. The SMILES string of the molecule is CCOC(=O)C1(CCCc2ccccc2)CCCN(C(=O)CCn2ccnc2CC)C1. The van der Waals surface area contributed by atoms with Gasteiger partial charge in [-0.25, -0.2) is 4.98 Å². The third-order valence-electron chi connectivity index (χ3n) is 6.29. The Morgan fingerprint density at radius 1 is 1.19 bits per heavy atom. The molecule has 0 saturated carbocycles. The van der Waals surface area contributed by atoms with Crippen LogP contribution in [-0.4, -0.2) is 46.0 Å². The molecule has 1 saturated heterocycles. The van der Waals surface area contributed by atoms with Gasteiger partial charge in [-0.05, 0) is 44.6 Å². The summed E-state index contributed by atoms with van der Waals surface area (Å²) in [6.45, 7) is 6.08. The Hall–Kier alpha value is -2.63. The summed E-state index contributed by atoms with van der Waals surface area (Å²) < 4.78 is 7.52. The Bertz CT molecular complexity index is 849. The summed E-state index contributed by atoms with van der Waals surface area (Å²) in [4.78, 5) is 32.2. The van der Waals surface area contributed by atoms with Gasteiger partial charge in [0.15, 0.2) is 0 Å². The second kappa shape index (κ2) is 11.1. The smallest absolute Gasteiger partial charge is 0.313 e. The van der Waals surface area contributed by atoms with Gasteiger partial charge in [-0.2, -0.15) is 0 Å². The molecule has 0 N–H and O–H groups in total. The van der Waals surface area contributed by atoms with E-state index >= 15 is 0 Å². The van der Waals surface area contributed by atoms with Crippen LogP contribution < -0.4 is 0 Å². The van der Waals surface area contributed by atoms with E-state index in [0.29, 0.717) is 32.7 Å². The van der Waals surface area contributed by atoms with Crippen molar-refractivity contribution in [3.05, 3.63) is 54.1 Å². The van der Waals surface area contributed by atoms with E-state index in [0.717, 1.165) is 44.3 Å². The van der Waals surface area contributed by atoms with E-state index in [1.807, 2.05) is 40.8 Å². The van der Waals surface area contributed by atoms with Crippen molar-refractivity contribution >= 4 is 11.9 Å². The molecule has 0 aliphatic carbocycles. The highest BCUT2D eigenvalue weighted by Crippen LogP contribution is 2.37. The number of amides is 1. The first-order valence-electron chi connectivity index (χ1n) is 11.6. The lowest BCUT2D eigenvalue weighted by atomic mass is 9.75. The highest BCUT2D eigenvalue weighted by atomic mass is 16.5. The Kier molecular flexibility index (Phi) is 8.27. The maximum Gasteiger partial charge on any atom is 0.313 e. The van der Waals surface area contributed by atoms with Gasteiger partial charge >= 0.3 is 5.97 Å². The highest BCUT2D eigenvalue weighted by molar-refractivity contribution is 5.80. The fourth-order valence-electron chi connectivity index (χ4n) is 4.61. The molecule has 2 heterocycles. The van der Waals surface area contributed by atoms with E-state index in [-0.39, 0.29) is 11.9 Å². The Morgan fingerprint density at radius 3 is 2.74 bits per heavy atom. The van der Waals surface area contributed by atoms with Gasteiger partial charge in [0.2, 0.25) is 5.91 Å². The summed E-state index contributed by atoms with van der Waals surface area (Å²) in [5, 5.41) is 0. The van der Waals surface area contributed by atoms with E-state index in [1.54, 1.807) is 6.20 Å². The van der Waals surface area contributed by atoms with E-state index in [2.05, 4.69) is 24.0 Å². The summed E-state index contributed by atoms with van der Waals surface area (Å²) >= 11 is 0. The molecule has 0 spiro atoms. The first-order valence-corrected chi connectivity index (χ1v) is 11.6. The number of aromatic nitrogens is 2. The molecule has 3 rings (SSSR count). The summed E-state index contributed by atoms with van der Waals surface area (Å²) in [5.74, 6) is 0.948. The third-order valence-corrected chi connectivity index (χ3v) is 6.29. The molecule has 1 aromatic heterocycles. The molecule has 168 valence electrons. The van der Waals surface area contributed by atoms with Crippen molar-refractivity contribution in [1.82, 2.24) is 14.5 Å². The second-order valence-electron chi connectivity index (χ2n) is 8.40. The lowest BCUT2D eigenvalue weighted by Gasteiger charge is -2.41. The number of benzene rings is 1. The average Bonchev–Trinajstić information content (AvgIpc) is 3.26. The summed E-state index contributed by atoms with van der Waals surface area (Å²) in [6.07, 6.45) is 9.16. The zero-order chi connectivity index (χ0) is 22.1. The number of piperidine rings is 1. The van der Waals surface area contributed by atoms with Gasteiger partial charge in [0.05, 0.1) is 12.0 Å². The van der Waals surface area contributed by atoms with E-state index in [1.165, 1.54) is 5.56 Å². The molecule has 1 aliphatic rings. The number of carbonyl (C=O) groups excluding carboxylic acids is 2. The largest absolute Gasteiger partial charge is 0.466 e. The number of likely N-dealkylation sites (tertiary alicyclic amines) is 1. The Morgan fingerprint density at radius 2 is 2.00 bits per heavy atom. The van der Waals surface area contributed by atoms with Crippen LogP contribution in [-0.2, 0) is 33.7 Å². The van der Waals surface area contributed by atoms with Gasteiger partial charge in [0.1, 0.15) is 5.82 Å². The molecule has 1 fully saturated rings. The number of aryl methyl sites for hydroxylation is 3. The summed E-state index contributed by atoms with van der Waals surface area (Å²) in [5.41, 5.74) is 0.680. The van der Waals surface area contributed by atoms with Gasteiger partial charge in [-0.15, -0.1) is 0 Å². The summed E-state index contributed by atoms with van der Waals surface area (Å²) in [7, 11) is 0. The molecule has 1 aliphatic heterocycles. The van der Waals surface area contributed by atoms with Crippen LogP contribution in [0, 0.1) is 5.41 Å². The number of imidazole rings is 1. The Labute approximate surface area is 185 Å². The van der Waals surface area contributed by atoms with E-state index < -0.39 is 5.41 Å². The predicted octanol–water partition coefficient (Wildman–Crippen LogP) is 4.03. The average molecular weight is 426 g/mol. The molecule has 0 bridgehead atoms. The van der Waals surface area contributed by atoms with Crippen LogP contribution in [0.15, 0.2) is 42.7 Å². The molecule has 1 aromatic carbocycles. The van der Waals surface area contributed by atoms with Crippen molar-refractivity contribution < 1.29 is 14.3 Å². The molecule has 1 unspecified atom stereocenters. The monoisotopic (exact) mass is 425 g/mol. The minimum absolute atomic E-state index is 0.104. The van der Waals surface area contributed by atoms with Crippen molar-refractivity contribution in [2.45, 2.75) is 65.3 Å². The van der Waals surface area contributed by atoms with Gasteiger partial charge < -0.3 is 14.2 Å². The van der Waals surface area contributed by atoms with Crippen molar-refractivity contribution in [1.29, 1.82) is 0 Å². The van der Waals surface area contributed by atoms with Crippen molar-refractivity contribution in [3.8, 4) is 0 Å². The molecule has 1 amide bonds. The second-order valence-corrected chi connectivity index (χ2v) is 8.40. The van der Waals surface area contributed by atoms with Gasteiger partial charge in [0, 0.05) is 44.9 Å². The fourth-order valence-corrected chi connectivity index (χ4v) is 4.61. The molecule has 6 nitrogen and oxygen atoms in total. The van der Waals surface area contributed by atoms with Crippen LogP contribution >= 0.6 is 0 Å². The zero-order valence-corrected chi connectivity index (χ0v) is 18.9. The van der Waals surface area contributed by atoms with Crippen LogP contribution in [0.3, 0.4) is 0 Å². The Balaban J connectivity index is 1.63. The van der Waals surface area contributed by atoms with Crippen LogP contribution in [0.2, 0.25) is 0 Å². The number of rotatable bonds is 10. The predicted molar refractivity (Wildman–Crippen MR) is 120 cm³/mol. The first kappa shape index (κ1) is 23.0. The molecule has 31 heavy (non-hydrogen) atoms. The topological polar surface area (TPSA) is 64.4 Å². The number of esters is 1. The first-order chi connectivity index (χ1) is 15.1. The maximum absolute atomic E-state index is 13.0. The maximum atomic E-state index is 13.0. The number of nitrogens with zero attached hydrogens (tertiary/aromatic N) is 3. The minimum atomic E-state index is -0.595. The van der Waals surface area contributed by atoms with Crippen LogP contribution in [0.4, 0.5) is 0 Å². The third kappa shape index (κ3) is 5.96. The van der Waals surface area contributed by atoms with Crippen LogP contribution in [0.5, 0.6) is 0 Å². The van der Waals surface area contributed by atoms with Gasteiger partial charge in [-0.3, -0.25) is 9.59 Å². The highest BCUT2D eigenvalue weighted by Gasteiger charge is 2.44. The molecular weight excluding hydrogens is 390 g/mol. The van der Waals surface area contributed by atoms with Crippen molar-refractivity contribution in [2.24, 2.45) is 5.41 Å².